The van der Waals surface area contributed by atoms with Gasteiger partial charge in [-0.25, -0.2) is 0 Å². The Morgan fingerprint density at radius 3 is 2.80 bits per heavy atom. The van der Waals surface area contributed by atoms with Gasteiger partial charge in [-0.3, -0.25) is 0 Å². The minimum atomic E-state index is 0.692. The molecule has 0 spiro atoms. The highest BCUT2D eigenvalue weighted by Crippen LogP contribution is 2.45. The van der Waals surface area contributed by atoms with Crippen molar-refractivity contribution in [3.63, 3.8) is 0 Å². The normalized spacial score (nSPS) is 18.6. The number of hydrogen-bond acceptors (Lipinski definition) is 5. The summed E-state index contributed by atoms with van der Waals surface area (Å²) in [5, 5.41) is 13.4. The number of nitrogens with one attached hydrogen (secondary N) is 1. The summed E-state index contributed by atoms with van der Waals surface area (Å²) in [7, 11) is 1.75. The molecule has 0 aliphatic heterocycles. The van der Waals surface area contributed by atoms with E-state index in [1.807, 2.05) is 11.8 Å². The Labute approximate surface area is 124 Å². The molecule has 2 aliphatic rings. The van der Waals surface area contributed by atoms with E-state index in [2.05, 4.69) is 20.1 Å². The second-order valence-electron chi connectivity index (χ2n) is 5.66. The fourth-order valence-electron chi connectivity index (χ4n) is 2.36. The van der Waals surface area contributed by atoms with Gasteiger partial charge in [0.1, 0.15) is 5.82 Å². The highest BCUT2D eigenvalue weighted by molar-refractivity contribution is 7.99. The van der Waals surface area contributed by atoms with Crippen molar-refractivity contribution in [2.75, 3.05) is 32.6 Å². The van der Waals surface area contributed by atoms with Crippen LogP contribution in [0.4, 0.5) is 0 Å². The van der Waals surface area contributed by atoms with Gasteiger partial charge >= 0.3 is 0 Å². The standard InChI is InChI=1S/C14H24N4OS/c1-19-9-2-7-15-8-10-20-14-17-16-13(11-3-4-11)18(14)12-5-6-12/h11-12,15H,2-10H2,1H3. The summed E-state index contributed by atoms with van der Waals surface area (Å²) >= 11 is 1.84. The zero-order chi connectivity index (χ0) is 13.8. The second-order valence-corrected chi connectivity index (χ2v) is 6.72. The fraction of sp³-hybridized carbons (Fsp3) is 0.857. The minimum Gasteiger partial charge on any atom is -0.385 e. The summed E-state index contributed by atoms with van der Waals surface area (Å²) < 4.78 is 7.45. The van der Waals surface area contributed by atoms with Gasteiger partial charge in [0, 0.05) is 38.0 Å². The molecule has 1 aromatic rings. The Bertz CT molecular complexity index is 429. The maximum atomic E-state index is 5.03. The number of nitrogens with zero attached hydrogens (tertiary/aromatic N) is 3. The first kappa shape index (κ1) is 14.4. The first-order valence-corrected chi connectivity index (χ1v) is 8.66. The van der Waals surface area contributed by atoms with E-state index in [0.717, 1.165) is 37.0 Å². The Hall–Kier alpha value is -0.590. The molecule has 1 heterocycles. The molecule has 0 saturated heterocycles. The van der Waals surface area contributed by atoms with Crippen molar-refractivity contribution in [1.29, 1.82) is 0 Å². The van der Waals surface area contributed by atoms with E-state index in [0.29, 0.717) is 12.0 Å². The summed E-state index contributed by atoms with van der Waals surface area (Å²) in [5.41, 5.74) is 0. The molecule has 1 aromatic heterocycles. The molecular formula is C14H24N4OS. The van der Waals surface area contributed by atoms with Crippen molar-refractivity contribution in [2.45, 2.75) is 49.2 Å². The molecular weight excluding hydrogens is 272 g/mol. The zero-order valence-electron chi connectivity index (χ0n) is 12.2. The van der Waals surface area contributed by atoms with Crippen molar-refractivity contribution in [1.82, 2.24) is 20.1 Å². The van der Waals surface area contributed by atoms with Crippen LogP contribution in [0.1, 0.15) is 49.9 Å². The predicted molar refractivity (Wildman–Crippen MR) is 80.4 cm³/mol. The quantitative estimate of drug-likeness (QED) is 0.530. The first-order chi connectivity index (χ1) is 9.90. The van der Waals surface area contributed by atoms with Crippen molar-refractivity contribution in [2.24, 2.45) is 0 Å². The van der Waals surface area contributed by atoms with Crippen LogP contribution in [-0.2, 0) is 4.74 Å². The Balaban J connectivity index is 1.43. The molecule has 0 atom stereocenters. The van der Waals surface area contributed by atoms with Gasteiger partial charge < -0.3 is 14.6 Å². The van der Waals surface area contributed by atoms with Gasteiger partial charge in [-0.15, -0.1) is 10.2 Å². The fourth-order valence-corrected chi connectivity index (χ4v) is 3.27. The number of methoxy groups -OCH3 is 1. The van der Waals surface area contributed by atoms with Crippen LogP contribution < -0.4 is 5.32 Å². The highest BCUT2D eigenvalue weighted by Gasteiger charge is 2.36. The summed E-state index contributed by atoms with van der Waals surface area (Å²) in [6.45, 7) is 2.88. The van der Waals surface area contributed by atoms with E-state index in [4.69, 9.17) is 4.74 Å². The maximum absolute atomic E-state index is 5.03. The molecule has 6 heteroatoms. The Morgan fingerprint density at radius 1 is 1.25 bits per heavy atom. The number of rotatable bonds is 10. The van der Waals surface area contributed by atoms with Gasteiger partial charge in [0.2, 0.25) is 0 Å². The number of aromatic nitrogens is 3. The predicted octanol–water partition coefficient (Wildman–Crippen LogP) is 2.21. The molecule has 0 amide bonds. The van der Waals surface area contributed by atoms with Gasteiger partial charge in [0.25, 0.3) is 0 Å². The van der Waals surface area contributed by atoms with Crippen LogP contribution in [0.5, 0.6) is 0 Å². The molecule has 2 saturated carbocycles. The topological polar surface area (TPSA) is 52.0 Å². The summed E-state index contributed by atoms with van der Waals surface area (Å²) in [6.07, 6.45) is 6.29. The molecule has 0 unspecified atom stereocenters. The summed E-state index contributed by atoms with van der Waals surface area (Å²) in [5.74, 6) is 3.01. The first-order valence-electron chi connectivity index (χ1n) is 7.67. The van der Waals surface area contributed by atoms with Crippen LogP contribution in [0.3, 0.4) is 0 Å². The molecule has 2 aliphatic carbocycles. The van der Waals surface area contributed by atoms with Crippen LogP contribution in [0.2, 0.25) is 0 Å². The third kappa shape index (κ3) is 3.74. The van der Waals surface area contributed by atoms with E-state index in [-0.39, 0.29) is 0 Å². The number of thioether (sulfide) groups is 1. The largest absolute Gasteiger partial charge is 0.385 e. The van der Waals surface area contributed by atoms with Crippen LogP contribution in [0.15, 0.2) is 5.16 Å². The average Bonchev–Trinajstić information content (AvgIpc) is 3.37. The Kier molecular flexibility index (Phi) is 4.96. The average molecular weight is 296 g/mol. The molecule has 0 radical (unpaired) electrons. The highest BCUT2D eigenvalue weighted by atomic mass is 32.2. The number of hydrogen-bond donors (Lipinski definition) is 1. The van der Waals surface area contributed by atoms with Crippen molar-refractivity contribution in [3.8, 4) is 0 Å². The van der Waals surface area contributed by atoms with Gasteiger partial charge in [-0.05, 0) is 38.6 Å². The van der Waals surface area contributed by atoms with Crippen LogP contribution in [0.25, 0.3) is 0 Å². The molecule has 3 rings (SSSR count). The molecule has 5 nitrogen and oxygen atoms in total. The van der Waals surface area contributed by atoms with E-state index in [1.165, 1.54) is 31.5 Å². The van der Waals surface area contributed by atoms with Crippen molar-refractivity contribution < 1.29 is 4.74 Å². The maximum Gasteiger partial charge on any atom is 0.191 e. The zero-order valence-corrected chi connectivity index (χ0v) is 13.0. The molecule has 1 N–H and O–H groups in total. The summed E-state index contributed by atoms with van der Waals surface area (Å²) in [4.78, 5) is 0. The Morgan fingerprint density at radius 2 is 2.10 bits per heavy atom. The van der Waals surface area contributed by atoms with E-state index >= 15 is 0 Å². The van der Waals surface area contributed by atoms with Gasteiger partial charge in [-0.2, -0.15) is 0 Å². The van der Waals surface area contributed by atoms with E-state index in [1.54, 1.807) is 7.11 Å². The molecule has 0 aromatic carbocycles. The third-order valence-corrected chi connectivity index (χ3v) is 4.70. The smallest absolute Gasteiger partial charge is 0.191 e. The summed E-state index contributed by atoms with van der Waals surface area (Å²) in [6, 6.07) is 0.692. The van der Waals surface area contributed by atoms with E-state index < -0.39 is 0 Å². The van der Waals surface area contributed by atoms with Crippen LogP contribution in [0, 0.1) is 0 Å². The monoisotopic (exact) mass is 296 g/mol. The van der Waals surface area contributed by atoms with Gasteiger partial charge in [0.05, 0.1) is 0 Å². The molecule has 2 fully saturated rings. The van der Waals surface area contributed by atoms with Crippen molar-refractivity contribution in [3.05, 3.63) is 5.82 Å². The lowest BCUT2D eigenvalue weighted by Gasteiger charge is -2.08. The van der Waals surface area contributed by atoms with Crippen molar-refractivity contribution >= 4 is 11.8 Å². The molecule has 112 valence electrons. The lowest BCUT2D eigenvalue weighted by atomic mass is 10.4. The second kappa shape index (κ2) is 6.91. The SMILES string of the molecule is COCCCNCCSc1nnc(C2CC2)n1C1CC1. The van der Waals surface area contributed by atoms with Crippen LogP contribution in [-0.4, -0.2) is 47.3 Å². The van der Waals surface area contributed by atoms with Crippen LogP contribution >= 0.6 is 11.8 Å². The van der Waals surface area contributed by atoms with Gasteiger partial charge in [-0.1, -0.05) is 11.8 Å². The number of ether oxygens (including phenoxy) is 1. The third-order valence-electron chi connectivity index (χ3n) is 3.76. The van der Waals surface area contributed by atoms with E-state index in [9.17, 15) is 0 Å². The molecule has 0 bridgehead atoms. The molecule has 20 heavy (non-hydrogen) atoms. The lowest BCUT2D eigenvalue weighted by Crippen LogP contribution is -2.19. The lowest BCUT2D eigenvalue weighted by molar-refractivity contribution is 0.194. The minimum absolute atomic E-state index is 0.692. The van der Waals surface area contributed by atoms with Gasteiger partial charge in [0.15, 0.2) is 5.16 Å².